The molecule has 9 nitrogen and oxygen atoms in total. The molecule has 0 radical (unpaired) electrons. The Hall–Kier alpha value is -3.16. The van der Waals surface area contributed by atoms with Crippen molar-refractivity contribution in [2.24, 2.45) is 0 Å². The summed E-state index contributed by atoms with van der Waals surface area (Å²) in [4.78, 5) is 8.32. The summed E-state index contributed by atoms with van der Waals surface area (Å²) in [6, 6.07) is 7.28. The number of aliphatic hydroxyl groups is 3. The Morgan fingerprint density at radius 3 is 2.63 bits per heavy atom. The van der Waals surface area contributed by atoms with E-state index in [1.54, 1.807) is 17.9 Å². The van der Waals surface area contributed by atoms with Crippen LogP contribution in [-0.4, -0.2) is 61.4 Å². The van der Waals surface area contributed by atoms with Gasteiger partial charge in [-0.3, -0.25) is 0 Å². The minimum Gasteiger partial charge on any atom is -0.497 e. The zero-order valence-corrected chi connectivity index (χ0v) is 16.5. The SMILES string of the molecule is COc1ccc(C#Cc2cn(C3OC(CO)[C@@H](O)[C@@]3(C)O)c3ncnc(N)c23)cc1. The molecule has 1 aromatic carbocycles. The van der Waals surface area contributed by atoms with Crippen molar-refractivity contribution in [2.45, 2.75) is 31.0 Å². The number of aromatic nitrogens is 3. The number of nitrogens with two attached hydrogens (primary N) is 1. The summed E-state index contributed by atoms with van der Waals surface area (Å²) in [7, 11) is 1.59. The van der Waals surface area contributed by atoms with E-state index in [1.165, 1.54) is 13.3 Å². The summed E-state index contributed by atoms with van der Waals surface area (Å²) in [5.74, 6) is 7.09. The molecule has 5 N–H and O–H groups in total. The minimum absolute atomic E-state index is 0.231. The first-order chi connectivity index (χ1) is 14.4. The number of nitrogen functional groups attached to an aromatic ring is 1. The molecular weight excluding hydrogens is 388 g/mol. The lowest BCUT2D eigenvalue weighted by Crippen LogP contribution is -2.44. The first kappa shape index (κ1) is 20.1. The largest absolute Gasteiger partial charge is 0.497 e. The highest BCUT2D eigenvalue weighted by Gasteiger charge is 2.53. The second kappa shape index (κ2) is 7.59. The highest BCUT2D eigenvalue weighted by Crippen LogP contribution is 2.40. The number of methoxy groups -OCH3 is 1. The van der Waals surface area contributed by atoms with Crippen LogP contribution in [0.4, 0.5) is 5.82 Å². The Bertz CT molecular complexity index is 1130. The lowest BCUT2D eigenvalue weighted by molar-refractivity contribution is -0.0948. The van der Waals surface area contributed by atoms with Gasteiger partial charge in [-0.25, -0.2) is 9.97 Å². The predicted molar refractivity (Wildman–Crippen MR) is 109 cm³/mol. The van der Waals surface area contributed by atoms with Gasteiger partial charge in [0.15, 0.2) is 6.23 Å². The number of benzene rings is 1. The van der Waals surface area contributed by atoms with Crippen molar-refractivity contribution in [1.82, 2.24) is 14.5 Å². The third-order valence-electron chi connectivity index (χ3n) is 5.26. The maximum absolute atomic E-state index is 10.8. The molecule has 1 saturated heterocycles. The first-order valence-corrected chi connectivity index (χ1v) is 9.30. The van der Waals surface area contributed by atoms with Crippen LogP contribution in [0.2, 0.25) is 0 Å². The van der Waals surface area contributed by atoms with Crippen LogP contribution in [-0.2, 0) is 4.74 Å². The Morgan fingerprint density at radius 1 is 1.27 bits per heavy atom. The molecule has 0 spiro atoms. The van der Waals surface area contributed by atoms with E-state index in [4.69, 9.17) is 15.2 Å². The number of rotatable bonds is 3. The molecular formula is C21H22N4O5. The van der Waals surface area contributed by atoms with Gasteiger partial charge in [-0.2, -0.15) is 0 Å². The molecule has 3 aromatic rings. The van der Waals surface area contributed by atoms with E-state index in [0.717, 1.165) is 11.3 Å². The average molecular weight is 410 g/mol. The fourth-order valence-corrected chi connectivity index (χ4v) is 3.59. The van der Waals surface area contributed by atoms with E-state index in [-0.39, 0.29) is 5.82 Å². The molecule has 3 heterocycles. The second-order valence-electron chi connectivity index (χ2n) is 7.27. The van der Waals surface area contributed by atoms with Gasteiger partial charge in [-0.05, 0) is 31.2 Å². The first-order valence-electron chi connectivity index (χ1n) is 9.30. The number of hydrogen-bond acceptors (Lipinski definition) is 8. The quantitative estimate of drug-likeness (QED) is 0.456. The predicted octanol–water partition coefficient (Wildman–Crippen LogP) is 0.423. The number of anilines is 1. The Balaban J connectivity index is 1.81. The zero-order valence-electron chi connectivity index (χ0n) is 16.5. The van der Waals surface area contributed by atoms with Crippen molar-refractivity contribution in [2.75, 3.05) is 19.5 Å². The molecule has 0 bridgehead atoms. The second-order valence-corrected chi connectivity index (χ2v) is 7.27. The minimum atomic E-state index is -1.67. The number of fused-ring (bicyclic) bond motifs is 1. The summed E-state index contributed by atoms with van der Waals surface area (Å²) in [6.07, 6.45) is -0.262. The molecule has 30 heavy (non-hydrogen) atoms. The van der Waals surface area contributed by atoms with Crippen LogP contribution in [0, 0.1) is 11.8 Å². The van der Waals surface area contributed by atoms with Crippen molar-refractivity contribution in [3.05, 3.63) is 47.9 Å². The van der Waals surface area contributed by atoms with E-state index in [9.17, 15) is 15.3 Å². The monoisotopic (exact) mass is 410 g/mol. The van der Waals surface area contributed by atoms with Crippen molar-refractivity contribution >= 4 is 16.9 Å². The van der Waals surface area contributed by atoms with Crippen LogP contribution in [0.5, 0.6) is 5.75 Å². The van der Waals surface area contributed by atoms with E-state index >= 15 is 0 Å². The number of nitrogens with zero attached hydrogens (tertiary/aromatic N) is 3. The van der Waals surface area contributed by atoms with Gasteiger partial charge >= 0.3 is 0 Å². The van der Waals surface area contributed by atoms with Gasteiger partial charge in [0.05, 0.1) is 24.7 Å². The molecule has 4 rings (SSSR count). The van der Waals surface area contributed by atoms with E-state index in [0.29, 0.717) is 16.6 Å². The Labute approximate surface area is 172 Å². The van der Waals surface area contributed by atoms with Crippen LogP contribution in [0.3, 0.4) is 0 Å². The van der Waals surface area contributed by atoms with Crippen LogP contribution in [0.15, 0.2) is 36.8 Å². The fraction of sp³-hybridized carbons (Fsp3) is 0.333. The molecule has 0 aliphatic carbocycles. The van der Waals surface area contributed by atoms with Crippen molar-refractivity contribution in [1.29, 1.82) is 0 Å². The molecule has 1 aliphatic rings. The zero-order chi connectivity index (χ0) is 21.5. The highest BCUT2D eigenvalue weighted by atomic mass is 16.6. The van der Waals surface area contributed by atoms with Gasteiger partial charge in [0, 0.05) is 11.8 Å². The molecule has 1 fully saturated rings. The Morgan fingerprint density at radius 2 is 2.00 bits per heavy atom. The third kappa shape index (κ3) is 3.26. The smallest absolute Gasteiger partial charge is 0.167 e. The number of aliphatic hydroxyl groups excluding tert-OH is 2. The normalized spacial score (nSPS) is 25.8. The average Bonchev–Trinajstić information content (AvgIpc) is 3.22. The summed E-state index contributed by atoms with van der Waals surface area (Å²) in [6.45, 7) is 1.01. The summed E-state index contributed by atoms with van der Waals surface area (Å²) < 4.78 is 12.4. The van der Waals surface area contributed by atoms with Gasteiger partial charge in [-0.1, -0.05) is 11.8 Å². The molecule has 156 valence electrons. The third-order valence-corrected chi connectivity index (χ3v) is 5.26. The maximum Gasteiger partial charge on any atom is 0.167 e. The molecule has 9 heteroatoms. The molecule has 0 amide bonds. The Kier molecular flexibility index (Phi) is 5.09. The maximum atomic E-state index is 10.8. The molecule has 2 aromatic heterocycles. The van der Waals surface area contributed by atoms with Crippen molar-refractivity contribution < 1.29 is 24.8 Å². The van der Waals surface area contributed by atoms with Crippen LogP contribution < -0.4 is 10.5 Å². The van der Waals surface area contributed by atoms with Gasteiger partial charge < -0.3 is 35.1 Å². The summed E-state index contributed by atoms with van der Waals surface area (Å²) in [5.41, 5.74) is 6.13. The lowest BCUT2D eigenvalue weighted by atomic mass is 9.96. The van der Waals surface area contributed by atoms with Crippen LogP contribution >= 0.6 is 0 Å². The molecule has 4 atom stereocenters. The lowest BCUT2D eigenvalue weighted by Gasteiger charge is -2.27. The standard InChI is InChI=1S/C21H22N4O5/c1-21(28)17(27)15(10-26)30-20(21)25-9-13(16-18(22)23-11-24-19(16)25)6-3-12-4-7-14(29-2)8-5-12/h4-5,7-9,11,15,17,20,26-28H,10H2,1-2H3,(H2,22,23,24)/t15?,17-,20?,21-/m1/s1. The number of hydrogen-bond donors (Lipinski definition) is 4. The van der Waals surface area contributed by atoms with Gasteiger partial charge in [0.25, 0.3) is 0 Å². The van der Waals surface area contributed by atoms with Crippen LogP contribution in [0.25, 0.3) is 11.0 Å². The van der Waals surface area contributed by atoms with Gasteiger partial charge in [0.2, 0.25) is 0 Å². The van der Waals surface area contributed by atoms with Crippen molar-refractivity contribution in [3.8, 4) is 17.6 Å². The molecule has 0 saturated carbocycles. The van der Waals surface area contributed by atoms with Gasteiger partial charge in [-0.15, -0.1) is 0 Å². The summed E-state index contributed by atoms with van der Waals surface area (Å²) >= 11 is 0. The van der Waals surface area contributed by atoms with Crippen LogP contribution in [0.1, 0.15) is 24.3 Å². The van der Waals surface area contributed by atoms with E-state index < -0.39 is 30.6 Å². The van der Waals surface area contributed by atoms with Gasteiger partial charge in [0.1, 0.15) is 41.4 Å². The summed E-state index contributed by atoms with van der Waals surface area (Å²) in [5, 5.41) is 31.2. The number of ether oxygens (including phenoxy) is 2. The van der Waals surface area contributed by atoms with E-state index in [2.05, 4.69) is 21.8 Å². The fourth-order valence-electron chi connectivity index (χ4n) is 3.59. The highest BCUT2D eigenvalue weighted by molar-refractivity contribution is 5.92. The topological polar surface area (TPSA) is 136 Å². The van der Waals surface area contributed by atoms with E-state index in [1.807, 2.05) is 24.3 Å². The van der Waals surface area contributed by atoms with Crippen molar-refractivity contribution in [3.63, 3.8) is 0 Å². The molecule has 2 unspecified atom stereocenters. The molecule has 1 aliphatic heterocycles.